The minimum Gasteiger partial charge on any atom is -1.00 e. The second-order valence-corrected chi connectivity index (χ2v) is 3.00. The molecule has 0 aromatic rings. The number of hydrogen-bond acceptors (Lipinski definition) is 12. The smallest absolute Gasteiger partial charge is 1.00 e. The van der Waals surface area contributed by atoms with Crippen molar-refractivity contribution in [2.75, 3.05) is 0 Å². The Hall–Kier alpha value is 5.28. The Morgan fingerprint density at radius 2 is 0.345 bits per heavy atom. The molecule has 0 amide bonds. The van der Waals surface area contributed by atoms with E-state index in [0.29, 0.717) is 0 Å². The van der Waals surface area contributed by atoms with Crippen molar-refractivity contribution in [3.05, 3.63) is 0 Å². The van der Waals surface area contributed by atoms with Crippen molar-refractivity contribution in [2.45, 2.75) is 0 Å². The van der Waals surface area contributed by atoms with Gasteiger partial charge in [-0.2, -0.15) is 0 Å². The van der Waals surface area contributed by atoms with Gasteiger partial charge >= 0.3 is 214 Å². The molecule has 29 heavy (non-hydrogen) atoms. The molecule has 0 heterocycles. The quantitative estimate of drug-likeness (QED) is 0.204. The van der Waals surface area contributed by atoms with Crippen LogP contribution in [-0.2, 0) is 17.8 Å². The van der Waals surface area contributed by atoms with Crippen molar-refractivity contribution in [2.24, 2.45) is 0 Å². The van der Waals surface area contributed by atoms with Gasteiger partial charge in [-0.3, -0.25) is 0 Å². The molecule has 0 fully saturated rings. The van der Waals surface area contributed by atoms with Crippen molar-refractivity contribution in [1.29, 1.82) is 0 Å². The van der Waals surface area contributed by atoms with Crippen molar-refractivity contribution in [1.82, 2.24) is 0 Å². The molecule has 29 heteroatoms. The van der Waals surface area contributed by atoms with E-state index in [1.165, 1.54) is 0 Å². The van der Waals surface area contributed by atoms with E-state index in [1.54, 1.807) is 0 Å². The fraction of sp³-hybridized carbons (Fsp3) is 0. The van der Waals surface area contributed by atoms with Crippen LogP contribution in [0.4, 0.5) is 0 Å². The van der Waals surface area contributed by atoms with Crippen LogP contribution in [0.3, 0.4) is 0 Å². The van der Waals surface area contributed by atoms with Gasteiger partial charge in [-0.05, 0) is 0 Å². The largest absolute Gasteiger partial charge is 2.00 e. The summed E-state index contributed by atoms with van der Waals surface area (Å²) in [7, 11) is -14.5. The second-order valence-electron chi connectivity index (χ2n) is 1.00. The normalized spacial score (nSPS) is 3.31. The zero-order chi connectivity index (χ0) is 14.3. The van der Waals surface area contributed by atoms with Gasteiger partial charge in [0.2, 0.25) is 0 Å². The Kier molecular flexibility index (Phi) is 509. The van der Waals surface area contributed by atoms with Gasteiger partial charge < -0.3 is 75.0 Å². The fourth-order valence-electron chi connectivity index (χ4n) is 0. The predicted octanol–water partition coefficient (Wildman–Crippen LogP) is -42.6. The average Bonchev–Trinajstić information content (AvgIpc) is 1.76. The second kappa shape index (κ2) is 116. The molecule has 0 spiro atoms. The van der Waals surface area contributed by atoms with Crippen LogP contribution in [0.1, 0.15) is 0 Å². The summed E-state index contributed by atoms with van der Waals surface area (Å²) in [5.41, 5.74) is 0. The molecular formula is F4Li3Mg3Na3O12Si4. The van der Waals surface area contributed by atoms with Crippen LogP contribution in [0.25, 0.3) is 0 Å². The summed E-state index contributed by atoms with van der Waals surface area (Å²) in [5.74, 6) is 0. The van der Waals surface area contributed by atoms with Gasteiger partial charge in [-0.1, -0.05) is 0 Å². The summed E-state index contributed by atoms with van der Waals surface area (Å²) in [6.07, 6.45) is 0. The summed E-state index contributed by atoms with van der Waals surface area (Å²) in [6, 6.07) is 0. The van der Waals surface area contributed by atoms with Crippen molar-refractivity contribution in [3.8, 4) is 0 Å². The third-order valence-electron chi connectivity index (χ3n) is 0. The van der Waals surface area contributed by atoms with Crippen LogP contribution < -0.4 is 202 Å². The van der Waals surface area contributed by atoms with Crippen LogP contribution in [-0.4, -0.2) is 106 Å². The first-order chi connectivity index (χ1) is 6.93. The van der Waals surface area contributed by atoms with Crippen molar-refractivity contribution in [3.63, 3.8) is 0 Å². The van der Waals surface area contributed by atoms with Crippen LogP contribution in [0, 0.1) is 0 Å². The topological polar surface area (TPSA) is 253 Å². The van der Waals surface area contributed by atoms with Crippen molar-refractivity contribution >= 4 is 106 Å². The molecule has 0 atom stereocenters. The molecule has 0 unspecified atom stereocenters. The van der Waals surface area contributed by atoms with E-state index in [9.17, 15) is 0 Å². The van der Waals surface area contributed by atoms with Crippen molar-refractivity contribution < 1.29 is 220 Å². The Morgan fingerprint density at radius 1 is 0.345 bits per heavy atom. The van der Waals surface area contributed by atoms with E-state index in [0.717, 1.165) is 0 Å². The molecule has 0 rings (SSSR count). The Morgan fingerprint density at radius 3 is 0.345 bits per heavy atom. The van der Waals surface area contributed by atoms with E-state index < -0.39 is 36.7 Å². The fourth-order valence-corrected chi connectivity index (χ4v) is 0. The summed E-state index contributed by atoms with van der Waals surface area (Å²) >= 11 is 0. The molecular weight excluding hydrogens is 543 g/mol. The third kappa shape index (κ3) is 1170. The predicted molar refractivity (Wildman–Crippen MR) is 43.0 cm³/mol. The van der Waals surface area contributed by atoms with E-state index in [2.05, 4.69) is 0 Å². The first-order valence-corrected chi connectivity index (χ1v) is 7.35. The van der Waals surface area contributed by atoms with Gasteiger partial charge in [0.1, 0.15) is 0 Å². The van der Waals surface area contributed by atoms with Gasteiger partial charge in [0.15, 0.2) is 0 Å². The molecule has 128 valence electrons. The van der Waals surface area contributed by atoms with E-state index in [4.69, 9.17) is 56.2 Å². The minimum atomic E-state index is -3.63. The molecule has 0 saturated carbocycles. The van der Waals surface area contributed by atoms with Gasteiger partial charge in [0.05, 0.1) is 0 Å². The Bertz CT molecular complexity index is 208. The van der Waals surface area contributed by atoms with E-state index in [1.807, 2.05) is 0 Å². The maximum absolute atomic E-state index is 8.52. The van der Waals surface area contributed by atoms with Crippen LogP contribution in [0.15, 0.2) is 0 Å². The molecule has 0 aliphatic heterocycles. The molecule has 0 saturated heterocycles. The molecule has 0 aliphatic rings. The molecule has 0 aromatic carbocycles. The SMILES string of the molecule is O=[Si]([O-])[O-].O=[Si]([O-])[O-].O=[Si]([O-])[O-].O=[Si]([O-])[O-].[F-].[F-].[F-].[F-].[Li+].[Li+].[Li+].[Mg+2].[Mg+2].[Mg+2].[Na+].[Na+].[Na+]. The van der Waals surface area contributed by atoms with E-state index >= 15 is 0 Å². The van der Waals surface area contributed by atoms with Crippen LogP contribution in [0.5, 0.6) is 0 Å². The first kappa shape index (κ1) is 127. The Labute approximate surface area is 319 Å². The van der Waals surface area contributed by atoms with Gasteiger partial charge in [0.25, 0.3) is 0 Å². The van der Waals surface area contributed by atoms with Gasteiger partial charge in [0, 0.05) is 36.7 Å². The molecule has 0 N–H and O–H groups in total. The number of hydrogen-bond donors (Lipinski definition) is 0. The monoisotopic (exact) mass is 542 g/mol. The third-order valence-corrected chi connectivity index (χ3v) is 0. The van der Waals surface area contributed by atoms with Crippen LogP contribution >= 0.6 is 0 Å². The molecule has 0 aliphatic carbocycles. The zero-order valence-corrected chi connectivity index (χ0v) is 30.8. The molecule has 0 radical (unpaired) electrons. The molecule has 0 bridgehead atoms. The first-order valence-electron chi connectivity index (χ1n) is 2.45. The van der Waals surface area contributed by atoms with Gasteiger partial charge in [-0.15, -0.1) is 0 Å². The molecule has 0 aromatic heterocycles. The maximum atomic E-state index is 8.52. The van der Waals surface area contributed by atoms with Crippen LogP contribution in [0.2, 0.25) is 0 Å². The standard InChI is InChI=1S/4FH.3Li.3Mg.3Na.4O3Si/c;;;;;;;;;;;;;4*1-4(2)3/h4*1H;;;;;;;;;;;;;/q;;;;3*+1;3*+2;3*+1;4*-2/p-4. The summed E-state index contributed by atoms with van der Waals surface area (Å²) < 4.78 is 34.1. The van der Waals surface area contributed by atoms with E-state index in [-0.39, 0.29) is 233 Å². The summed E-state index contributed by atoms with van der Waals surface area (Å²) in [4.78, 5) is 68.1. The average molecular weight is 543 g/mol. The Balaban J connectivity index is -0.00000000384. The molecule has 12 nitrogen and oxygen atoms in total. The zero-order valence-electron chi connectivity index (χ0n) is 16.5. The number of halogens is 4. The maximum Gasteiger partial charge on any atom is 2.00 e. The minimum absolute atomic E-state index is 0. The summed E-state index contributed by atoms with van der Waals surface area (Å²) in [6.45, 7) is 0. The van der Waals surface area contributed by atoms with Gasteiger partial charge in [-0.25, -0.2) is 0 Å². The number of rotatable bonds is 0. The summed E-state index contributed by atoms with van der Waals surface area (Å²) in [5, 5.41) is 0.